The molecule has 1 unspecified atom stereocenters. The lowest BCUT2D eigenvalue weighted by Crippen LogP contribution is -2.48. The van der Waals surface area contributed by atoms with Crippen LogP contribution in [-0.4, -0.2) is 46.1 Å². The average molecular weight is 394 g/mol. The van der Waals surface area contributed by atoms with E-state index in [1.165, 1.54) is 0 Å². The molecule has 0 aromatic heterocycles. The summed E-state index contributed by atoms with van der Waals surface area (Å²) in [5.74, 6) is 0.562. The summed E-state index contributed by atoms with van der Waals surface area (Å²) in [6, 6.07) is 4.54. The van der Waals surface area contributed by atoms with Crippen LogP contribution in [0.5, 0.6) is 0 Å². The van der Waals surface area contributed by atoms with Gasteiger partial charge in [-0.25, -0.2) is 4.79 Å². The van der Waals surface area contributed by atoms with Crippen molar-refractivity contribution in [1.29, 1.82) is 0 Å². The van der Waals surface area contributed by atoms with Crippen LogP contribution in [0.1, 0.15) is 6.42 Å². The van der Waals surface area contributed by atoms with Gasteiger partial charge in [-0.3, -0.25) is 4.79 Å². The van der Waals surface area contributed by atoms with Crippen LogP contribution in [-0.2, 0) is 4.79 Å². The van der Waals surface area contributed by atoms with E-state index in [4.69, 9.17) is 16.7 Å². The Hall–Kier alpha value is -0.920. The number of hydrogen-bond donors (Lipinski definition) is 2. The number of urea groups is 1. The number of amides is 2. The third-order valence-electron chi connectivity index (χ3n) is 3.07. The number of nitrogens with zero attached hydrogens (tertiary/aromatic N) is 1. The molecule has 1 aliphatic heterocycles. The SMILES string of the molecule is O=C(O)CC1CSCCN1C(=O)Nc1ccc(Cl)c(Br)c1. The Kier molecular flexibility index (Phi) is 5.78. The molecule has 0 saturated carbocycles. The number of halogens is 2. The van der Waals surface area contributed by atoms with Crippen molar-refractivity contribution in [2.24, 2.45) is 0 Å². The molecular weight excluding hydrogens is 380 g/mol. The summed E-state index contributed by atoms with van der Waals surface area (Å²) in [5, 5.41) is 12.3. The van der Waals surface area contributed by atoms with Crippen molar-refractivity contribution in [3.05, 3.63) is 27.7 Å². The van der Waals surface area contributed by atoms with Crippen molar-refractivity contribution in [1.82, 2.24) is 4.90 Å². The van der Waals surface area contributed by atoms with Crippen LogP contribution in [0.3, 0.4) is 0 Å². The minimum Gasteiger partial charge on any atom is -0.481 e. The zero-order valence-corrected chi connectivity index (χ0v) is 14.2. The number of carbonyl (C=O) groups excluding carboxylic acids is 1. The van der Waals surface area contributed by atoms with E-state index in [1.807, 2.05) is 0 Å². The first kappa shape index (κ1) is 16.5. The maximum atomic E-state index is 12.3. The fourth-order valence-corrected chi connectivity index (χ4v) is 3.62. The number of carbonyl (C=O) groups is 2. The molecule has 8 heteroatoms. The topological polar surface area (TPSA) is 69.6 Å². The van der Waals surface area contributed by atoms with Gasteiger partial charge >= 0.3 is 12.0 Å². The minimum absolute atomic E-state index is 0.0370. The number of benzene rings is 1. The van der Waals surface area contributed by atoms with Crippen molar-refractivity contribution in [3.8, 4) is 0 Å². The summed E-state index contributed by atoms with van der Waals surface area (Å²) in [6.07, 6.45) is -0.0370. The highest BCUT2D eigenvalue weighted by Crippen LogP contribution is 2.26. The largest absolute Gasteiger partial charge is 0.481 e. The molecule has 21 heavy (non-hydrogen) atoms. The highest BCUT2D eigenvalue weighted by atomic mass is 79.9. The van der Waals surface area contributed by atoms with Crippen molar-refractivity contribution >= 4 is 57.0 Å². The van der Waals surface area contributed by atoms with E-state index in [2.05, 4.69) is 21.2 Å². The average Bonchev–Trinajstić information content (AvgIpc) is 2.43. The number of carboxylic acid groups (broad SMARTS) is 1. The van der Waals surface area contributed by atoms with E-state index in [1.54, 1.807) is 34.9 Å². The molecule has 0 aliphatic carbocycles. The highest BCUT2D eigenvalue weighted by Gasteiger charge is 2.28. The van der Waals surface area contributed by atoms with E-state index in [9.17, 15) is 9.59 Å². The van der Waals surface area contributed by atoms with Gasteiger partial charge in [-0.05, 0) is 34.1 Å². The Balaban J connectivity index is 2.06. The lowest BCUT2D eigenvalue weighted by Gasteiger charge is -2.34. The Bertz CT molecular complexity index is 558. The number of anilines is 1. The van der Waals surface area contributed by atoms with Gasteiger partial charge in [0.1, 0.15) is 0 Å². The molecule has 1 aliphatic rings. The minimum atomic E-state index is -0.894. The summed E-state index contributed by atoms with van der Waals surface area (Å²) in [6.45, 7) is 0.545. The molecule has 2 N–H and O–H groups in total. The summed E-state index contributed by atoms with van der Waals surface area (Å²) >= 11 is 10.9. The first-order valence-corrected chi connectivity index (χ1v) is 8.62. The Morgan fingerprint density at radius 3 is 2.95 bits per heavy atom. The molecule has 1 fully saturated rings. The lowest BCUT2D eigenvalue weighted by molar-refractivity contribution is -0.137. The predicted molar refractivity (Wildman–Crippen MR) is 88.2 cm³/mol. The maximum Gasteiger partial charge on any atom is 0.322 e. The molecule has 1 atom stereocenters. The third kappa shape index (κ3) is 4.52. The molecule has 2 amide bonds. The quantitative estimate of drug-likeness (QED) is 0.824. The third-order valence-corrected chi connectivity index (χ3v) is 5.38. The normalized spacial score (nSPS) is 18.4. The summed E-state index contributed by atoms with van der Waals surface area (Å²) in [5.41, 5.74) is 0.614. The van der Waals surface area contributed by atoms with E-state index in [0.717, 1.165) is 5.75 Å². The first-order valence-electron chi connectivity index (χ1n) is 6.29. The number of rotatable bonds is 3. The fourth-order valence-electron chi connectivity index (χ4n) is 2.06. The zero-order valence-electron chi connectivity index (χ0n) is 11.0. The molecular formula is C13H14BrClN2O3S. The smallest absolute Gasteiger partial charge is 0.322 e. The van der Waals surface area contributed by atoms with Crippen LogP contribution in [0.2, 0.25) is 5.02 Å². The monoisotopic (exact) mass is 392 g/mol. The second kappa shape index (κ2) is 7.38. The van der Waals surface area contributed by atoms with Crippen LogP contribution in [0.15, 0.2) is 22.7 Å². The van der Waals surface area contributed by atoms with Gasteiger partial charge in [0.05, 0.1) is 17.5 Å². The van der Waals surface area contributed by atoms with Crippen molar-refractivity contribution in [3.63, 3.8) is 0 Å². The van der Waals surface area contributed by atoms with Crippen LogP contribution in [0, 0.1) is 0 Å². The number of nitrogens with one attached hydrogen (secondary N) is 1. The van der Waals surface area contributed by atoms with E-state index < -0.39 is 5.97 Å². The molecule has 1 aromatic carbocycles. The number of carboxylic acids is 1. The maximum absolute atomic E-state index is 12.3. The van der Waals surface area contributed by atoms with Crippen molar-refractivity contribution < 1.29 is 14.7 Å². The van der Waals surface area contributed by atoms with E-state index in [-0.39, 0.29) is 18.5 Å². The van der Waals surface area contributed by atoms with Crippen molar-refractivity contribution in [2.75, 3.05) is 23.4 Å². The molecule has 1 aromatic rings. The van der Waals surface area contributed by atoms with Gasteiger partial charge in [0.15, 0.2) is 0 Å². The molecule has 0 spiro atoms. The van der Waals surface area contributed by atoms with E-state index >= 15 is 0 Å². The van der Waals surface area contributed by atoms with Crippen LogP contribution in [0.4, 0.5) is 10.5 Å². The van der Waals surface area contributed by atoms with Gasteiger partial charge in [-0.15, -0.1) is 0 Å². The molecule has 5 nitrogen and oxygen atoms in total. The van der Waals surface area contributed by atoms with Crippen LogP contribution >= 0.6 is 39.3 Å². The molecule has 114 valence electrons. The number of thioether (sulfide) groups is 1. The zero-order chi connectivity index (χ0) is 15.4. The Morgan fingerprint density at radius 1 is 1.52 bits per heavy atom. The summed E-state index contributed by atoms with van der Waals surface area (Å²) in [7, 11) is 0. The van der Waals surface area contributed by atoms with Crippen molar-refractivity contribution in [2.45, 2.75) is 12.5 Å². The summed E-state index contributed by atoms with van der Waals surface area (Å²) < 4.78 is 0.693. The molecule has 1 saturated heterocycles. The van der Waals surface area contributed by atoms with E-state index in [0.29, 0.717) is 27.5 Å². The van der Waals surface area contributed by atoms with Crippen LogP contribution < -0.4 is 5.32 Å². The molecule has 1 heterocycles. The Labute approximate surface area is 140 Å². The predicted octanol–water partition coefficient (Wildman–Crippen LogP) is 3.53. The number of aliphatic carboxylic acids is 1. The van der Waals surface area contributed by atoms with Crippen LogP contribution in [0.25, 0.3) is 0 Å². The Morgan fingerprint density at radius 2 is 2.29 bits per heavy atom. The van der Waals surface area contributed by atoms with Gasteiger partial charge in [-0.1, -0.05) is 11.6 Å². The first-order chi connectivity index (χ1) is 9.97. The standard InChI is InChI=1S/C13H14BrClN2O3S/c14-10-5-8(1-2-11(10)15)16-13(20)17-3-4-21-7-9(17)6-12(18)19/h1-2,5,9H,3-4,6-7H2,(H,16,20)(H,18,19). The lowest BCUT2D eigenvalue weighted by atomic mass is 10.2. The van der Waals surface area contributed by atoms with Gasteiger partial charge in [0.25, 0.3) is 0 Å². The number of hydrogen-bond acceptors (Lipinski definition) is 3. The van der Waals surface area contributed by atoms with Gasteiger partial charge < -0.3 is 15.3 Å². The fraction of sp³-hybridized carbons (Fsp3) is 0.385. The molecule has 0 bridgehead atoms. The van der Waals surface area contributed by atoms with Gasteiger partial charge in [0, 0.05) is 28.2 Å². The highest BCUT2D eigenvalue weighted by molar-refractivity contribution is 9.10. The second-order valence-corrected chi connectivity index (χ2v) is 6.99. The van der Waals surface area contributed by atoms with Gasteiger partial charge in [0.2, 0.25) is 0 Å². The summed E-state index contributed by atoms with van der Waals surface area (Å²) in [4.78, 5) is 24.8. The second-order valence-electron chi connectivity index (χ2n) is 4.58. The molecule has 2 rings (SSSR count). The van der Waals surface area contributed by atoms with Gasteiger partial charge in [-0.2, -0.15) is 11.8 Å². The molecule has 0 radical (unpaired) electrons.